The van der Waals surface area contributed by atoms with E-state index in [-0.39, 0.29) is 18.2 Å². The monoisotopic (exact) mass is 411 g/mol. The molecule has 1 aliphatic rings. The van der Waals surface area contributed by atoms with E-state index in [0.717, 1.165) is 0 Å². The lowest BCUT2D eigenvalue weighted by molar-refractivity contribution is -0.130. The third-order valence-electron chi connectivity index (χ3n) is 4.88. The Bertz CT molecular complexity index is 892. The Morgan fingerprint density at radius 2 is 2.04 bits per heavy atom. The Hall–Kier alpha value is -1.37. The van der Waals surface area contributed by atoms with Crippen LogP contribution < -0.4 is 0 Å². The Morgan fingerprint density at radius 3 is 2.73 bits per heavy atom. The third-order valence-corrected chi connectivity index (χ3v) is 8.41. The van der Waals surface area contributed by atoms with Crippen molar-refractivity contribution in [2.75, 3.05) is 18.8 Å². The van der Waals surface area contributed by atoms with Crippen LogP contribution in [0.4, 0.5) is 0 Å². The van der Waals surface area contributed by atoms with Crippen LogP contribution in [-0.4, -0.2) is 38.1 Å². The highest BCUT2D eigenvalue weighted by atomic mass is 35.5. The summed E-state index contributed by atoms with van der Waals surface area (Å²) in [5, 5.41) is 1.85. The first kappa shape index (κ1) is 19.4. The number of benzene rings is 1. The van der Waals surface area contributed by atoms with Crippen molar-refractivity contribution in [3.05, 3.63) is 56.7 Å². The van der Waals surface area contributed by atoms with Gasteiger partial charge < -0.3 is 4.90 Å². The summed E-state index contributed by atoms with van der Waals surface area (Å²) in [6.07, 6.45) is 1.51. The van der Waals surface area contributed by atoms with Crippen LogP contribution in [0.2, 0.25) is 5.02 Å². The van der Waals surface area contributed by atoms with Gasteiger partial charge in [0.25, 0.3) is 0 Å². The van der Waals surface area contributed by atoms with E-state index in [1.807, 2.05) is 12.3 Å². The molecule has 1 fully saturated rings. The minimum absolute atomic E-state index is 0.0211. The van der Waals surface area contributed by atoms with E-state index >= 15 is 0 Å². The zero-order valence-corrected chi connectivity index (χ0v) is 17.0. The minimum Gasteiger partial charge on any atom is -0.342 e. The van der Waals surface area contributed by atoms with Crippen LogP contribution in [-0.2, 0) is 21.1 Å². The number of rotatable bonds is 4. The molecule has 0 N–H and O–H groups in total. The summed E-state index contributed by atoms with van der Waals surface area (Å²) in [6, 6.07) is 9.12. The van der Waals surface area contributed by atoms with Gasteiger partial charge in [0.2, 0.25) is 5.91 Å². The average Bonchev–Trinajstić information content (AvgIpc) is 2.94. The number of hydrogen-bond acceptors (Lipinski definition) is 4. The molecule has 1 aliphatic heterocycles. The molecule has 1 saturated heterocycles. The topological polar surface area (TPSA) is 54.5 Å². The largest absolute Gasteiger partial charge is 0.342 e. The van der Waals surface area contributed by atoms with Gasteiger partial charge in [0.1, 0.15) is 0 Å². The molecule has 0 spiro atoms. The number of nitrogens with zero attached hydrogens (tertiary/aromatic N) is 1. The van der Waals surface area contributed by atoms with E-state index in [0.29, 0.717) is 36.4 Å². The fourth-order valence-corrected chi connectivity index (χ4v) is 6.38. The molecule has 0 aliphatic carbocycles. The fourth-order valence-electron chi connectivity index (χ4n) is 3.32. The van der Waals surface area contributed by atoms with Crippen molar-refractivity contribution < 1.29 is 13.2 Å². The average molecular weight is 412 g/mol. The Morgan fingerprint density at radius 1 is 1.27 bits per heavy atom. The molecule has 1 aromatic heterocycles. The van der Waals surface area contributed by atoms with Crippen molar-refractivity contribution in [1.29, 1.82) is 0 Å². The van der Waals surface area contributed by atoms with Crippen molar-refractivity contribution in [1.82, 2.24) is 4.90 Å². The molecule has 2 heterocycles. The number of halogens is 1. The second-order valence-electron chi connectivity index (χ2n) is 6.57. The lowest BCUT2D eigenvalue weighted by atomic mass is 10.1. The number of hydrogen-bond donors (Lipinski definition) is 0. The highest BCUT2D eigenvalue weighted by molar-refractivity contribution is 7.91. The van der Waals surface area contributed by atoms with Crippen LogP contribution in [0.5, 0.6) is 0 Å². The normalized spacial score (nSPS) is 19.9. The quantitative estimate of drug-likeness (QED) is 0.763. The van der Waals surface area contributed by atoms with E-state index in [1.54, 1.807) is 40.5 Å². The molecule has 2 aromatic rings. The van der Waals surface area contributed by atoms with Gasteiger partial charge in [0.05, 0.1) is 11.0 Å². The smallest absolute Gasteiger partial charge is 0.222 e. The third kappa shape index (κ3) is 4.30. The van der Waals surface area contributed by atoms with E-state index in [4.69, 9.17) is 11.6 Å². The van der Waals surface area contributed by atoms with Crippen molar-refractivity contribution in [3.63, 3.8) is 0 Å². The maximum atomic E-state index is 12.7. The van der Waals surface area contributed by atoms with Gasteiger partial charge in [-0.05, 0) is 48.4 Å². The number of carbonyl (C=O) groups excluding carboxylic acids is 1. The second-order valence-corrected chi connectivity index (χ2v) is 10.3. The predicted molar refractivity (Wildman–Crippen MR) is 107 cm³/mol. The summed E-state index contributed by atoms with van der Waals surface area (Å²) in [5.74, 6) is -0.0000519. The van der Waals surface area contributed by atoms with Crippen LogP contribution in [0, 0.1) is 6.92 Å². The predicted octanol–water partition coefficient (Wildman–Crippen LogP) is 4.03. The SMILES string of the molecule is Cc1ccsc1CCC(=O)N1CC[C@@H](c2ccccc2Cl)S(=O)(=O)CC1. The maximum absolute atomic E-state index is 12.7. The van der Waals surface area contributed by atoms with E-state index in [9.17, 15) is 13.2 Å². The van der Waals surface area contributed by atoms with Gasteiger partial charge in [0, 0.05) is 29.4 Å². The van der Waals surface area contributed by atoms with Crippen LogP contribution in [0.1, 0.15) is 34.1 Å². The van der Waals surface area contributed by atoms with Gasteiger partial charge in [-0.2, -0.15) is 0 Å². The summed E-state index contributed by atoms with van der Waals surface area (Å²) in [6.45, 7) is 2.74. The minimum atomic E-state index is -3.34. The van der Waals surface area contributed by atoms with Crippen LogP contribution >= 0.6 is 22.9 Å². The Labute approximate surface area is 163 Å². The molecular weight excluding hydrogens is 390 g/mol. The van der Waals surface area contributed by atoms with Gasteiger partial charge in [-0.25, -0.2) is 8.42 Å². The summed E-state index contributed by atoms with van der Waals surface area (Å²) in [7, 11) is -3.34. The molecule has 4 nitrogen and oxygen atoms in total. The van der Waals surface area contributed by atoms with E-state index in [2.05, 4.69) is 6.07 Å². The second kappa shape index (κ2) is 8.11. The Kier molecular flexibility index (Phi) is 6.05. The molecule has 0 saturated carbocycles. The molecule has 7 heteroatoms. The molecule has 3 rings (SSSR count). The van der Waals surface area contributed by atoms with Crippen molar-refractivity contribution in [2.24, 2.45) is 0 Å². The van der Waals surface area contributed by atoms with E-state index in [1.165, 1.54) is 10.4 Å². The summed E-state index contributed by atoms with van der Waals surface area (Å²) < 4.78 is 25.4. The van der Waals surface area contributed by atoms with Gasteiger partial charge in [-0.1, -0.05) is 29.8 Å². The van der Waals surface area contributed by atoms with Crippen molar-refractivity contribution >= 4 is 38.7 Å². The lowest BCUT2D eigenvalue weighted by Gasteiger charge is -2.20. The molecule has 0 unspecified atom stereocenters. The Balaban J connectivity index is 1.69. The van der Waals surface area contributed by atoms with E-state index < -0.39 is 15.1 Å². The fraction of sp³-hybridized carbons (Fsp3) is 0.421. The molecule has 140 valence electrons. The zero-order valence-electron chi connectivity index (χ0n) is 14.7. The molecule has 1 atom stereocenters. The van der Waals surface area contributed by atoms with Crippen LogP contribution in [0.25, 0.3) is 0 Å². The van der Waals surface area contributed by atoms with Gasteiger partial charge in [0.15, 0.2) is 9.84 Å². The molecular formula is C19H22ClNO3S2. The van der Waals surface area contributed by atoms with Gasteiger partial charge in [-0.15, -0.1) is 11.3 Å². The highest BCUT2D eigenvalue weighted by Crippen LogP contribution is 2.34. The standard InChI is InChI=1S/C19H22ClNO3S2/c1-14-9-12-25-17(14)6-7-19(22)21-10-8-18(26(23,24)13-11-21)15-4-2-3-5-16(15)20/h2-5,9,12,18H,6-8,10-11,13H2,1H3/t18-/m0/s1. The zero-order chi connectivity index (χ0) is 18.7. The number of sulfone groups is 1. The number of amides is 1. The molecule has 26 heavy (non-hydrogen) atoms. The van der Waals surface area contributed by atoms with Gasteiger partial charge in [-0.3, -0.25) is 4.79 Å². The molecule has 0 radical (unpaired) electrons. The van der Waals surface area contributed by atoms with Crippen molar-refractivity contribution in [2.45, 2.75) is 31.4 Å². The number of aryl methyl sites for hydroxylation is 2. The van der Waals surface area contributed by atoms with Crippen molar-refractivity contribution in [3.8, 4) is 0 Å². The lowest BCUT2D eigenvalue weighted by Crippen LogP contribution is -2.33. The van der Waals surface area contributed by atoms with Gasteiger partial charge >= 0.3 is 0 Å². The first-order valence-corrected chi connectivity index (χ1v) is 11.6. The van der Waals surface area contributed by atoms with Crippen LogP contribution in [0.3, 0.4) is 0 Å². The summed E-state index contributed by atoms with van der Waals surface area (Å²) in [4.78, 5) is 15.5. The summed E-state index contributed by atoms with van der Waals surface area (Å²) >= 11 is 7.87. The summed E-state index contributed by atoms with van der Waals surface area (Å²) in [5.41, 5.74) is 1.85. The molecule has 1 amide bonds. The first-order valence-electron chi connectivity index (χ1n) is 8.65. The number of thiophene rings is 1. The van der Waals surface area contributed by atoms with Crippen LogP contribution in [0.15, 0.2) is 35.7 Å². The maximum Gasteiger partial charge on any atom is 0.222 e. The molecule has 1 aromatic carbocycles. The molecule has 0 bridgehead atoms. The highest BCUT2D eigenvalue weighted by Gasteiger charge is 2.33. The first-order chi connectivity index (χ1) is 12.4. The number of carbonyl (C=O) groups is 1.